The summed E-state index contributed by atoms with van der Waals surface area (Å²) in [7, 11) is 0. The molecule has 1 rings (SSSR count). The molecule has 0 saturated heterocycles. The molecule has 0 aromatic carbocycles. The summed E-state index contributed by atoms with van der Waals surface area (Å²) < 4.78 is 7.38. The van der Waals surface area contributed by atoms with Crippen LogP contribution in [0.3, 0.4) is 0 Å². The maximum atomic E-state index is 11.4. The number of nitrogens with zero attached hydrogens (tertiary/aromatic N) is 1. The van der Waals surface area contributed by atoms with Gasteiger partial charge in [0.25, 0.3) is 0 Å². The van der Waals surface area contributed by atoms with E-state index in [9.17, 15) is 4.79 Å². The summed E-state index contributed by atoms with van der Waals surface area (Å²) in [6, 6.07) is 3.95. The van der Waals surface area contributed by atoms with Gasteiger partial charge in [-0.3, -0.25) is 0 Å². The Hall–Kier alpha value is -1.35. The molecule has 0 aliphatic rings. The van der Waals surface area contributed by atoms with Gasteiger partial charge in [0.05, 0.1) is 5.56 Å². The Morgan fingerprint density at radius 2 is 1.78 bits per heavy atom. The second kappa shape index (κ2) is 13.1. The van der Waals surface area contributed by atoms with E-state index in [0.717, 1.165) is 18.5 Å². The number of hydrogen-bond donors (Lipinski definition) is 0. The Morgan fingerprint density at radius 3 is 2.39 bits per heavy atom. The van der Waals surface area contributed by atoms with E-state index in [1.807, 2.05) is 29.8 Å². The highest BCUT2D eigenvalue weighted by atomic mass is 35.5. The molecule has 0 aliphatic carbocycles. The molecule has 1 aromatic rings. The Morgan fingerprint density at radius 1 is 1.17 bits per heavy atom. The van der Waals surface area contributed by atoms with Gasteiger partial charge in [0.2, 0.25) is 0 Å². The van der Waals surface area contributed by atoms with Gasteiger partial charge in [-0.2, -0.15) is 4.57 Å². The van der Waals surface area contributed by atoms with Crippen LogP contribution in [0.4, 0.5) is 0 Å². The third-order valence-electron chi connectivity index (χ3n) is 3.83. The quantitative estimate of drug-likeness (QED) is 0.265. The van der Waals surface area contributed by atoms with Crippen LogP contribution in [0.15, 0.2) is 31.0 Å². The second-order valence-corrected chi connectivity index (χ2v) is 5.79. The van der Waals surface area contributed by atoms with Crippen LogP contribution in [-0.2, 0) is 11.3 Å². The highest BCUT2D eigenvalue weighted by molar-refractivity contribution is 5.83. The second-order valence-electron chi connectivity index (χ2n) is 5.79. The van der Waals surface area contributed by atoms with Gasteiger partial charge in [-0.25, -0.2) is 4.79 Å². The molecule has 1 aromatic heterocycles. The van der Waals surface area contributed by atoms with E-state index in [1.54, 1.807) is 0 Å². The lowest BCUT2D eigenvalue weighted by molar-refractivity contribution is -0.701. The molecule has 0 radical (unpaired) electrons. The Balaban J connectivity index is 0.00000484. The summed E-state index contributed by atoms with van der Waals surface area (Å²) in [6.45, 7) is 8.53. The smallest absolute Gasteiger partial charge is 0.378 e. The van der Waals surface area contributed by atoms with E-state index >= 15 is 0 Å². The average Bonchev–Trinajstić information content (AvgIpc) is 2.52. The topological polar surface area (TPSA) is 30.2 Å². The van der Waals surface area contributed by atoms with Gasteiger partial charge in [0.1, 0.15) is 0 Å². The molecule has 0 aliphatic heterocycles. The van der Waals surface area contributed by atoms with E-state index in [0.29, 0.717) is 5.88 Å². The van der Waals surface area contributed by atoms with E-state index < -0.39 is 5.97 Å². The molecule has 0 saturated carbocycles. The van der Waals surface area contributed by atoms with Crippen LogP contribution < -0.4 is 21.7 Å². The van der Waals surface area contributed by atoms with Crippen molar-refractivity contribution in [2.75, 3.05) is 0 Å². The first-order valence-corrected chi connectivity index (χ1v) is 8.52. The van der Waals surface area contributed by atoms with E-state index in [1.165, 1.54) is 51.0 Å². The van der Waals surface area contributed by atoms with Crippen LogP contribution in [0.25, 0.3) is 0 Å². The fourth-order valence-electron chi connectivity index (χ4n) is 2.52. The standard InChI is InChI=1S/C19H30NO2.ClH/c1-4-6-7-8-9-10-11-12-15-20-16-13-14-17(3)19(20)22-18(21)5-2;/h5,13-14,16H,2,4,6-12,15H2,1,3H3;1H/q+1;/p-1. The molecule has 23 heavy (non-hydrogen) atoms. The van der Waals surface area contributed by atoms with Crippen molar-refractivity contribution in [2.24, 2.45) is 0 Å². The van der Waals surface area contributed by atoms with Gasteiger partial charge in [0.15, 0.2) is 12.7 Å². The monoisotopic (exact) mass is 339 g/mol. The van der Waals surface area contributed by atoms with E-state index in [2.05, 4.69) is 13.5 Å². The van der Waals surface area contributed by atoms with Gasteiger partial charge >= 0.3 is 11.8 Å². The van der Waals surface area contributed by atoms with Crippen molar-refractivity contribution in [1.82, 2.24) is 0 Å². The molecular formula is C19H30ClNO2. The van der Waals surface area contributed by atoms with Crippen molar-refractivity contribution in [3.05, 3.63) is 36.5 Å². The van der Waals surface area contributed by atoms with Gasteiger partial charge < -0.3 is 17.1 Å². The van der Waals surface area contributed by atoms with Crippen LogP contribution in [-0.4, -0.2) is 5.97 Å². The van der Waals surface area contributed by atoms with Gasteiger partial charge in [0, 0.05) is 18.6 Å². The van der Waals surface area contributed by atoms with Gasteiger partial charge in [-0.1, -0.05) is 52.0 Å². The minimum Gasteiger partial charge on any atom is -1.00 e. The zero-order valence-electron chi connectivity index (χ0n) is 14.5. The molecule has 0 N–H and O–H groups in total. The predicted molar refractivity (Wildman–Crippen MR) is 89.8 cm³/mol. The van der Waals surface area contributed by atoms with Crippen molar-refractivity contribution in [1.29, 1.82) is 0 Å². The van der Waals surface area contributed by atoms with Crippen molar-refractivity contribution < 1.29 is 26.5 Å². The zero-order chi connectivity index (χ0) is 16.2. The molecule has 4 heteroatoms. The summed E-state index contributed by atoms with van der Waals surface area (Å²) in [5.41, 5.74) is 0.970. The van der Waals surface area contributed by atoms with E-state index in [4.69, 9.17) is 4.74 Å². The molecule has 0 fully saturated rings. The van der Waals surface area contributed by atoms with E-state index in [-0.39, 0.29) is 12.4 Å². The lowest BCUT2D eigenvalue weighted by Gasteiger charge is -2.06. The molecule has 0 atom stereocenters. The number of carbonyl (C=O) groups excluding carboxylic acids is 1. The molecule has 3 nitrogen and oxygen atoms in total. The Labute approximate surface area is 147 Å². The third kappa shape index (κ3) is 8.75. The first kappa shape index (κ1) is 21.6. The highest BCUT2D eigenvalue weighted by Gasteiger charge is 2.17. The normalized spacial score (nSPS) is 10.0. The number of aryl methyl sites for hydroxylation is 2. The Bertz CT molecular complexity index is 474. The minimum atomic E-state index is -0.404. The molecule has 0 amide bonds. The first-order chi connectivity index (χ1) is 10.7. The molecule has 0 unspecified atom stereocenters. The number of unbranched alkanes of at least 4 members (excludes halogenated alkanes) is 7. The highest BCUT2D eigenvalue weighted by Crippen LogP contribution is 2.13. The molecule has 130 valence electrons. The van der Waals surface area contributed by atoms with Crippen LogP contribution in [0.1, 0.15) is 63.9 Å². The summed E-state index contributed by atoms with van der Waals surface area (Å²) in [6.07, 6.45) is 13.5. The first-order valence-electron chi connectivity index (χ1n) is 8.52. The lowest BCUT2D eigenvalue weighted by Crippen LogP contribution is -3.00. The van der Waals surface area contributed by atoms with Crippen LogP contribution in [0.5, 0.6) is 5.88 Å². The lowest BCUT2D eigenvalue weighted by atomic mass is 10.1. The number of rotatable bonds is 11. The number of carbonyl (C=O) groups is 1. The number of ether oxygens (including phenoxy) is 1. The number of pyridine rings is 1. The Kier molecular flexibility index (Phi) is 12.4. The van der Waals surface area contributed by atoms with Crippen molar-refractivity contribution in [3.8, 4) is 5.88 Å². The fraction of sp³-hybridized carbons (Fsp3) is 0.579. The number of esters is 1. The van der Waals surface area contributed by atoms with Crippen LogP contribution in [0, 0.1) is 6.92 Å². The average molecular weight is 340 g/mol. The van der Waals surface area contributed by atoms with Crippen molar-refractivity contribution in [3.63, 3.8) is 0 Å². The number of hydrogen-bond acceptors (Lipinski definition) is 2. The number of halogens is 1. The molecular weight excluding hydrogens is 310 g/mol. The maximum Gasteiger partial charge on any atom is 0.378 e. The van der Waals surface area contributed by atoms with Crippen LogP contribution in [0.2, 0.25) is 0 Å². The third-order valence-corrected chi connectivity index (χ3v) is 3.83. The number of aromatic nitrogens is 1. The van der Waals surface area contributed by atoms with Crippen LogP contribution >= 0.6 is 0 Å². The maximum absolute atomic E-state index is 11.4. The largest absolute Gasteiger partial charge is 1.00 e. The van der Waals surface area contributed by atoms with Crippen molar-refractivity contribution in [2.45, 2.75) is 71.8 Å². The molecule has 0 spiro atoms. The van der Waals surface area contributed by atoms with Gasteiger partial charge in [-0.15, -0.1) is 0 Å². The summed E-state index contributed by atoms with van der Waals surface area (Å²) in [5, 5.41) is 0. The fourth-order valence-corrected chi connectivity index (χ4v) is 2.52. The predicted octanol–water partition coefficient (Wildman–Crippen LogP) is 1.52. The van der Waals surface area contributed by atoms with Crippen molar-refractivity contribution >= 4 is 5.97 Å². The molecule has 1 heterocycles. The summed E-state index contributed by atoms with van der Waals surface area (Å²) >= 11 is 0. The minimum absolute atomic E-state index is 0. The molecule has 0 bridgehead atoms. The summed E-state index contributed by atoms with van der Waals surface area (Å²) in [5.74, 6) is 0.231. The summed E-state index contributed by atoms with van der Waals surface area (Å²) in [4.78, 5) is 11.4. The zero-order valence-corrected chi connectivity index (χ0v) is 15.3. The SMILES string of the molecule is C=CC(=O)Oc1c(C)ccc[n+]1CCCCCCCCCC.[Cl-]. The van der Waals surface area contributed by atoms with Gasteiger partial charge in [-0.05, 0) is 19.4 Å².